The second-order valence-corrected chi connectivity index (χ2v) is 5.31. The van der Waals surface area contributed by atoms with Crippen LogP contribution in [0, 0.1) is 6.92 Å². The molecule has 0 spiro atoms. The molecule has 1 N–H and O–H groups in total. The van der Waals surface area contributed by atoms with Crippen molar-refractivity contribution in [1.29, 1.82) is 0 Å². The molecular formula is C15H19NOS. The number of benzene rings is 1. The number of aryl methyl sites for hydroxylation is 1. The van der Waals surface area contributed by atoms with Gasteiger partial charge in [0, 0.05) is 11.3 Å². The van der Waals surface area contributed by atoms with Gasteiger partial charge in [-0.15, -0.1) is 11.3 Å². The third kappa shape index (κ3) is 3.59. The highest BCUT2D eigenvalue weighted by molar-refractivity contribution is 7.10. The first-order valence-corrected chi connectivity index (χ1v) is 7.09. The monoisotopic (exact) mass is 261 g/mol. The summed E-state index contributed by atoms with van der Waals surface area (Å²) in [5.74, 6) is 0.940. The lowest BCUT2D eigenvalue weighted by molar-refractivity contribution is 0.198. The van der Waals surface area contributed by atoms with Crippen LogP contribution in [0.5, 0.6) is 5.75 Å². The summed E-state index contributed by atoms with van der Waals surface area (Å²) in [4.78, 5) is 1.28. The van der Waals surface area contributed by atoms with Crippen molar-refractivity contribution in [1.82, 2.24) is 5.32 Å². The highest BCUT2D eigenvalue weighted by Crippen LogP contribution is 2.27. The summed E-state index contributed by atoms with van der Waals surface area (Å²) >= 11 is 1.75. The Kier molecular flexibility index (Phi) is 4.79. The summed E-state index contributed by atoms with van der Waals surface area (Å²) < 4.78 is 6.09. The van der Waals surface area contributed by atoms with E-state index in [4.69, 9.17) is 4.74 Å². The molecule has 2 aromatic rings. The molecule has 1 unspecified atom stereocenters. The van der Waals surface area contributed by atoms with Crippen LogP contribution < -0.4 is 10.1 Å². The maximum atomic E-state index is 6.09. The van der Waals surface area contributed by atoms with E-state index in [1.165, 1.54) is 10.4 Å². The number of hydrogen-bond acceptors (Lipinski definition) is 3. The Morgan fingerprint density at radius 1 is 1.22 bits per heavy atom. The second-order valence-electron chi connectivity index (χ2n) is 4.33. The minimum Gasteiger partial charge on any atom is -0.485 e. The number of rotatable bonds is 6. The van der Waals surface area contributed by atoms with Crippen LogP contribution in [0.4, 0.5) is 0 Å². The summed E-state index contributed by atoms with van der Waals surface area (Å²) in [6.07, 6.45) is 1.12. The van der Waals surface area contributed by atoms with Gasteiger partial charge in [0.25, 0.3) is 0 Å². The van der Waals surface area contributed by atoms with Crippen LogP contribution >= 0.6 is 11.3 Å². The van der Waals surface area contributed by atoms with Crippen LogP contribution in [0.15, 0.2) is 41.8 Å². The van der Waals surface area contributed by atoms with Crippen molar-refractivity contribution in [2.24, 2.45) is 0 Å². The Hall–Kier alpha value is -1.32. The van der Waals surface area contributed by atoms with E-state index in [-0.39, 0.29) is 6.10 Å². The van der Waals surface area contributed by atoms with Gasteiger partial charge >= 0.3 is 0 Å². The highest BCUT2D eigenvalue weighted by Gasteiger charge is 2.13. The summed E-state index contributed by atoms with van der Waals surface area (Å²) in [5.41, 5.74) is 1.25. The maximum absolute atomic E-state index is 6.09. The zero-order valence-corrected chi connectivity index (χ0v) is 11.7. The van der Waals surface area contributed by atoms with Crippen molar-refractivity contribution in [2.45, 2.75) is 19.4 Å². The van der Waals surface area contributed by atoms with Crippen molar-refractivity contribution in [3.05, 3.63) is 52.2 Å². The van der Waals surface area contributed by atoms with E-state index < -0.39 is 0 Å². The van der Waals surface area contributed by atoms with Gasteiger partial charge in [0.15, 0.2) is 0 Å². The van der Waals surface area contributed by atoms with E-state index in [0.717, 1.165) is 18.7 Å². The van der Waals surface area contributed by atoms with Gasteiger partial charge in [-0.1, -0.05) is 23.8 Å². The molecule has 96 valence electrons. The summed E-state index contributed by atoms with van der Waals surface area (Å²) in [5, 5.41) is 5.28. The molecule has 18 heavy (non-hydrogen) atoms. The fraction of sp³-hybridized carbons (Fsp3) is 0.333. The molecule has 0 saturated heterocycles. The Morgan fingerprint density at radius 3 is 2.61 bits per heavy atom. The van der Waals surface area contributed by atoms with Gasteiger partial charge in [0.2, 0.25) is 0 Å². The van der Waals surface area contributed by atoms with E-state index in [9.17, 15) is 0 Å². The Labute approximate surface area is 113 Å². The van der Waals surface area contributed by atoms with Crippen molar-refractivity contribution in [3.8, 4) is 5.75 Å². The third-order valence-corrected chi connectivity index (χ3v) is 3.78. The van der Waals surface area contributed by atoms with Crippen molar-refractivity contribution in [2.75, 3.05) is 13.6 Å². The van der Waals surface area contributed by atoms with Gasteiger partial charge < -0.3 is 10.1 Å². The average Bonchev–Trinajstić information content (AvgIpc) is 2.90. The van der Waals surface area contributed by atoms with Gasteiger partial charge in [0.1, 0.15) is 11.9 Å². The fourth-order valence-electron chi connectivity index (χ4n) is 1.79. The van der Waals surface area contributed by atoms with Crippen LogP contribution in [-0.4, -0.2) is 13.6 Å². The number of hydrogen-bond donors (Lipinski definition) is 1. The molecule has 1 heterocycles. The van der Waals surface area contributed by atoms with Gasteiger partial charge in [0.05, 0.1) is 0 Å². The summed E-state index contributed by atoms with van der Waals surface area (Å²) in [6.45, 7) is 3.04. The molecule has 1 aromatic carbocycles. The van der Waals surface area contributed by atoms with E-state index in [2.05, 4.69) is 41.9 Å². The van der Waals surface area contributed by atoms with Crippen molar-refractivity contribution >= 4 is 11.3 Å². The predicted octanol–water partition coefficient (Wildman–Crippen LogP) is 3.79. The van der Waals surface area contributed by atoms with E-state index in [1.54, 1.807) is 11.3 Å². The maximum Gasteiger partial charge on any atom is 0.134 e. The molecule has 1 aromatic heterocycles. The van der Waals surface area contributed by atoms with E-state index in [0.29, 0.717) is 0 Å². The molecule has 0 radical (unpaired) electrons. The SMILES string of the molecule is CNCCC(Oc1ccc(C)cc1)c1cccs1. The molecule has 2 nitrogen and oxygen atoms in total. The zero-order valence-electron chi connectivity index (χ0n) is 10.8. The first-order chi connectivity index (χ1) is 8.79. The average molecular weight is 261 g/mol. The van der Waals surface area contributed by atoms with Gasteiger partial charge in [-0.2, -0.15) is 0 Å². The third-order valence-electron chi connectivity index (χ3n) is 2.82. The number of nitrogens with one attached hydrogen (secondary N) is 1. The second kappa shape index (κ2) is 6.57. The van der Waals surface area contributed by atoms with Crippen LogP contribution in [-0.2, 0) is 0 Å². The molecule has 0 bridgehead atoms. The van der Waals surface area contributed by atoms with Gasteiger partial charge in [-0.05, 0) is 44.1 Å². The normalized spacial score (nSPS) is 12.3. The summed E-state index contributed by atoms with van der Waals surface area (Å²) in [6, 6.07) is 12.5. The van der Waals surface area contributed by atoms with Crippen LogP contribution in [0.2, 0.25) is 0 Å². The minimum absolute atomic E-state index is 0.139. The number of ether oxygens (including phenoxy) is 1. The molecule has 2 rings (SSSR count). The first-order valence-electron chi connectivity index (χ1n) is 6.21. The lowest BCUT2D eigenvalue weighted by Crippen LogP contribution is -2.15. The predicted molar refractivity (Wildman–Crippen MR) is 77.4 cm³/mol. The lowest BCUT2D eigenvalue weighted by atomic mass is 10.2. The summed E-state index contributed by atoms with van der Waals surface area (Å²) in [7, 11) is 1.97. The molecule has 0 saturated carbocycles. The topological polar surface area (TPSA) is 21.3 Å². The number of thiophene rings is 1. The Bertz CT molecular complexity index is 450. The molecular weight excluding hydrogens is 242 g/mol. The smallest absolute Gasteiger partial charge is 0.134 e. The Morgan fingerprint density at radius 2 is 2.00 bits per heavy atom. The molecule has 0 aliphatic carbocycles. The first kappa shape index (κ1) is 13.1. The quantitative estimate of drug-likeness (QED) is 0.854. The largest absolute Gasteiger partial charge is 0.485 e. The van der Waals surface area contributed by atoms with E-state index in [1.807, 2.05) is 19.2 Å². The molecule has 3 heteroatoms. The molecule has 0 amide bonds. The molecule has 0 fully saturated rings. The van der Waals surface area contributed by atoms with Crippen LogP contribution in [0.3, 0.4) is 0 Å². The van der Waals surface area contributed by atoms with Gasteiger partial charge in [-0.25, -0.2) is 0 Å². The van der Waals surface area contributed by atoms with Crippen LogP contribution in [0.1, 0.15) is 23.0 Å². The molecule has 0 aliphatic heterocycles. The van der Waals surface area contributed by atoms with E-state index >= 15 is 0 Å². The standard InChI is InChI=1S/C15H19NOS/c1-12-5-7-13(8-6-12)17-14(9-10-16-2)15-4-3-11-18-15/h3-8,11,14,16H,9-10H2,1-2H3. The molecule has 0 aliphatic rings. The Balaban J connectivity index is 2.07. The molecule has 1 atom stereocenters. The van der Waals surface area contributed by atoms with Crippen molar-refractivity contribution in [3.63, 3.8) is 0 Å². The minimum atomic E-state index is 0.139. The zero-order chi connectivity index (χ0) is 12.8. The van der Waals surface area contributed by atoms with Gasteiger partial charge in [-0.3, -0.25) is 0 Å². The van der Waals surface area contributed by atoms with Crippen LogP contribution in [0.25, 0.3) is 0 Å². The van der Waals surface area contributed by atoms with Crippen molar-refractivity contribution < 1.29 is 4.74 Å². The highest BCUT2D eigenvalue weighted by atomic mass is 32.1. The fourth-order valence-corrected chi connectivity index (χ4v) is 2.58. The lowest BCUT2D eigenvalue weighted by Gasteiger charge is -2.18.